The summed E-state index contributed by atoms with van der Waals surface area (Å²) in [5.74, 6) is 0.660. The van der Waals surface area contributed by atoms with Gasteiger partial charge in [-0.25, -0.2) is 15.0 Å². The monoisotopic (exact) mass is 451 g/mol. The maximum Gasteiger partial charge on any atom is 0.200 e. The topological polar surface area (TPSA) is 64.9 Å². The van der Waals surface area contributed by atoms with E-state index in [4.69, 9.17) is 4.74 Å². The number of hydrogen-bond acceptors (Lipinski definition) is 5. The number of imidazole rings is 1. The summed E-state index contributed by atoms with van der Waals surface area (Å²) in [7, 11) is 0. The van der Waals surface area contributed by atoms with E-state index in [-0.39, 0.29) is 6.23 Å². The van der Waals surface area contributed by atoms with E-state index in [0.29, 0.717) is 10.6 Å². The Bertz CT molecular complexity index is 876. The molecule has 1 atom stereocenters. The predicted octanol–water partition coefficient (Wildman–Crippen LogP) is 4.79. The fraction of sp³-hybridized carbons (Fsp3) is 0.312. The van der Waals surface area contributed by atoms with Crippen molar-refractivity contribution in [3.8, 4) is 0 Å². The Morgan fingerprint density at radius 1 is 1.17 bits per heavy atom. The van der Waals surface area contributed by atoms with E-state index in [1.165, 1.54) is 0 Å². The number of nitrogens with one attached hydrogen (secondary N) is 1. The van der Waals surface area contributed by atoms with Crippen molar-refractivity contribution in [1.82, 2.24) is 19.5 Å². The first-order valence-electron chi connectivity index (χ1n) is 7.75. The minimum Gasteiger partial charge on any atom is -0.358 e. The van der Waals surface area contributed by atoms with Crippen LogP contribution in [-0.2, 0) is 4.74 Å². The molecule has 1 fully saturated rings. The van der Waals surface area contributed by atoms with Gasteiger partial charge in [0.15, 0.2) is 17.0 Å². The van der Waals surface area contributed by atoms with Crippen LogP contribution in [-0.4, -0.2) is 26.1 Å². The first-order valence-corrected chi connectivity index (χ1v) is 9.34. The molecule has 124 valence electrons. The Morgan fingerprint density at radius 3 is 2.83 bits per heavy atom. The van der Waals surface area contributed by atoms with Gasteiger partial charge in [0.1, 0.15) is 6.23 Å². The summed E-state index contributed by atoms with van der Waals surface area (Å²) in [6.07, 6.45) is 5.00. The van der Waals surface area contributed by atoms with Gasteiger partial charge < -0.3 is 10.1 Å². The van der Waals surface area contributed by atoms with E-state index >= 15 is 0 Å². The van der Waals surface area contributed by atoms with Gasteiger partial charge in [-0.1, -0.05) is 12.1 Å². The van der Waals surface area contributed by atoms with Crippen LogP contribution < -0.4 is 5.32 Å². The van der Waals surface area contributed by atoms with Gasteiger partial charge in [-0.15, -0.1) is 0 Å². The zero-order valence-electron chi connectivity index (χ0n) is 12.7. The van der Waals surface area contributed by atoms with Crippen LogP contribution in [0.4, 0.5) is 11.5 Å². The van der Waals surface area contributed by atoms with Gasteiger partial charge >= 0.3 is 0 Å². The molecule has 8 heteroatoms. The molecule has 2 aromatic heterocycles. The van der Waals surface area contributed by atoms with Crippen LogP contribution in [0.1, 0.15) is 25.5 Å². The van der Waals surface area contributed by atoms with Crippen LogP contribution in [0.15, 0.2) is 39.8 Å². The molecule has 6 nitrogen and oxygen atoms in total. The van der Waals surface area contributed by atoms with Crippen molar-refractivity contribution in [2.45, 2.75) is 25.5 Å². The highest BCUT2D eigenvalue weighted by Gasteiger charge is 2.21. The number of hydrogen-bond donors (Lipinski definition) is 1. The van der Waals surface area contributed by atoms with E-state index < -0.39 is 0 Å². The summed E-state index contributed by atoms with van der Waals surface area (Å²) in [6.45, 7) is 0.776. The van der Waals surface area contributed by atoms with E-state index in [1.54, 1.807) is 6.33 Å². The second kappa shape index (κ2) is 6.78. The number of halogens is 2. The summed E-state index contributed by atoms with van der Waals surface area (Å²) >= 11 is 6.94. The fourth-order valence-corrected chi connectivity index (χ4v) is 3.55. The normalized spacial score (nSPS) is 18.0. The third-order valence-electron chi connectivity index (χ3n) is 3.99. The number of rotatable bonds is 3. The Balaban J connectivity index is 1.76. The van der Waals surface area contributed by atoms with E-state index in [1.807, 2.05) is 28.8 Å². The number of anilines is 2. The summed E-state index contributed by atoms with van der Waals surface area (Å²) < 4.78 is 9.34. The van der Waals surface area contributed by atoms with Crippen molar-refractivity contribution in [2.75, 3.05) is 11.9 Å². The van der Waals surface area contributed by atoms with Gasteiger partial charge in [0, 0.05) is 11.1 Å². The highest BCUT2D eigenvalue weighted by Crippen LogP contribution is 2.31. The molecule has 4 rings (SSSR count). The summed E-state index contributed by atoms with van der Waals surface area (Å²) in [4.78, 5) is 13.5. The SMILES string of the molecule is Brc1nc(Nc2ccccc2Br)c2ncn(C3CCCCO3)c2n1. The third kappa shape index (κ3) is 3.05. The van der Waals surface area contributed by atoms with Crippen molar-refractivity contribution in [3.63, 3.8) is 0 Å². The molecule has 0 radical (unpaired) electrons. The first-order chi connectivity index (χ1) is 11.7. The highest BCUT2D eigenvalue weighted by atomic mass is 79.9. The molecule has 1 aromatic carbocycles. The largest absolute Gasteiger partial charge is 0.358 e. The summed E-state index contributed by atoms with van der Waals surface area (Å²) in [5.41, 5.74) is 2.41. The quantitative estimate of drug-likeness (QED) is 0.578. The van der Waals surface area contributed by atoms with Gasteiger partial charge in [-0.3, -0.25) is 4.57 Å². The molecular weight excluding hydrogens is 438 g/mol. The van der Waals surface area contributed by atoms with Crippen molar-refractivity contribution >= 4 is 54.5 Å². The molecule has 1 N–H and O–H groups in total. The Labute approximate surface area is 155 Å². The maximum atomic E-state index is 5.87. The van der Waals surface area contributed by atoms with E-state index in [2.05, 4.69) is 52.1 Å². The number of para-hydroxylation sites is 1. The molecule has 0 saturated carbocycles. The van der Waals surface area contributed by atoms with Crippen LogP contribution in [0.2, 0.25) is 0 Å². The van der Waals surface area contributed by atoms with Crippen molar-refractivity contribution in [3.05, 3.63) is 39.8 Å². The van der Waals surface area contributed by atoms with Crippen LogP contribution in [0.3, 0.4) is 0 Å². The lowest BCUT2D eigenvalue weighted by Gasteiger charge is -2.23. The lowest BCUT2D eigenvalue weighted by Crippen LogP contribution is -2.17. The number of ether oxygens (including phenoxy) is 1. The molecule has 1 saturated heterocycles. The Kier molecular flexibility index (Phi) is 4.51. The van der Waals surface area contributed by atoms with Crippen LogP contribution in [0.5, 0.6) is 0 Å². The molecular formula is C16H15Br2N5O. The minimum atomic E-state index is -0.0122. The van der Waals surface area contributed by atoms with Gasteiger partial charge in [0.2, 0.25) is 4.73 Å². The maximum absolute atomic E-state index is 5.87. The third-order valence-corrected chi connectivity index (χ3v) is 5.03. The zero-order chi connectivity index (χ0) is 16.5. The molecule has 0 amide bonds. The van der Waals surface area contributed by atoms with Crippen molar-refractivity contribution in [1.29, 1.82) is 0 Å². The van der Waals surface area contributed by atoms with Crippen LogP contribution in [0, 0.1) is 0 Å². The Morgan fingerprint density at radius 2 is 2.04 bits per heavy atom. The molecule has 3 heterocycles. The number of aromatic nitrogens is 4. The molecule has 3 aromatic rings. The number of fused-ring (bicyclic) bond motifs is 1. The molecule has 0 spiro atoms. The van der Waals surface area contributed by atoms with Gasteiger partial charge in [-0.05, 0) is 63.3 Å². The van der Waals surface area contributed by atoms with Gasteiger partial charge in [0.05, 0.1) is 12.0 Å². The predicted molar refractivity (Wildman–Crippen MR) is 99.3 cm³/mol. The lowest BCUT2D eigenvalue weighted by molar-refractivity contribution is -0.0298. The number of nitrogens with zero attached hydrogens (tertiary/aromatic N) is 4. The Hall–Kier alpha value is -1.51. The second-order valence-corrected chi connectivity index (χ2v) is 7.15. The molecule has 0 aliphatic carbocycles. The summed E-state index contributed by atoms with van der Waals surface area (Å²) in [5, 5.41) is 3.33. The van der Waals surface area contributed by atoms with Crippen molar-refractivity contribution in [2.24, 2.45) is 0 Å². The van der Waals surface area contributed by atoms with E-state index in [9.17, 15) is 0 Å². The van der Waals surface area contributed by atoms with E-state index in [0.717, 1.165) is 47.2 Å². The molecule has 1 aliphatic heterocycles. The second-order valence-electron chi connectivity index (χ2n) is 5.59. The fourth-order valence-electron chi connectivity index (χ4n) is 2.82. The lowest BCUT2D eigenvalue weighted by atomic mass is 10.2. The smallest absolute Gasteiger partial charge is 0.200 e. The van der Waals surface area contributed by atoms with Gasteiger partial charge in [-0.2, -0.15) is 0 Å². The average molecular weight is 453 g/mol. The number of benzene rings is 1. The summed E-state index contributed by atoms with van der Waals surface area (Å²) in [6, 6.07) is 7.89. The first kappa shape index (κ1) is 16.0. The molecule has 1 aliphatic rings. The highest BCUT2D eigenvalue weighted by molar-refractivity contribution is 9.10. The standard InChI is InChI=1S/C16H15Br2N5O/c17-10-5-1-2-6-11(10)20-14-13-15(22-16(18)21-14)23(9-19-13)12-7-3-4-8-24-12/h1-2,5-6,9,12H,3-4,7-8H2,(H,20,21,22). The van der Waals surface area contributed by atoms with Crippen LogP contribution >= 0.6 is 31.9 Å². The van der Waals surface area contributed by atoms with Gasteiger partial charge in [0.25, 0.3) is 0 Å². The molecule has 0 bridgehead atoms. The average Bonchev–Trinajstić information content (AvgIpc) is 3.01. The zero-order valence-corrected chi connectivity index (χ0v) is 15.9. The molecule has 1 unspecified atom stereocenters. The minimum absolute atomic E-state index is 0.0122. The van der Waals surface area contributed by atoms with Crippen molar-refractivity contribution < 1.29 is 4.74 Å². The van der Waals surface area contributed by atoms with Crippen LogP contribution in [0.25, 0.3) is 11.2 Å². The molecule has 24 heavy (non-hydrogen) atoms.